The second kappa shape index (κ2) is 5.85. The SMILES string of the molecule is Cc1ccc(O)c(C(=O)N[C@H](CC(=O)O)C(=O)O)c1. The van der Waals surface area contributed by atoms with Crippen molar-refractivity contribution in [1.29, 1.82) is 0 Å². The van der Waals surface area contributed by atoms with Gasteiger partial charge in [-0.15, -0.1) is 0 Å². The molecule has 0 aliphatic heterocycles. The maximum atomic E-state index is 11.8. The summed E-state index contributed by atoms with van der Waals surface area (Å²) in [4.78, 5) is 33.1. The highest BCUT2D eigenvalue weighted by Crippen LogP contribution is 2.18. The lowest BCUT2D eigenvalue weighted by atomic mass is 10.1. The van der Waals surface area contributed by atoms with Crippen LogP contribution in [0.4, 0.5) is 0 Å². The number of carboxylic acids is 2. The molecule has 0 radical (unpaired) electrons. The Hall–Kier alpha value is -2.57. The molecule has 4 N–H and O–H groups in total. The van der Waals surface area contributed by atoms with E-state index in [1.165, 1.54) is 12.1 Å². The van der Waals surface area contributed by atoms with Crippen molar-refractivity contribution in [1.82, 2.24) is 5.32 Å². The van der Waals surface area contributed by atoms with Gasteiger partial charge in [-0.3, -0.25) is 9.59 Å². The quantitative estimate of drug-likeness (QED) is 0.610. The third-order valence-corrected chi connectivity index (χ3v) is 2.38. The molecule has 1 aromatic rings. The molecule has 0 aliphatic rings. The summed E-state index contributed by atoms with van der Waals surface area (Å²) >= 11 is 0. The maximum absolute atomic E-state index is 11.8. The molecule has 7 heteroatoms. The topological polar surface area (TPSA) is 124 Å². The van der Waals surface area contributed by atoms with E-state index in [9.17, 15) is 19.5 Å². The number of nitrogens with one attached hydrogen (secondary N) is 1. The third-order valence-electron chi connectivity index (χ3n) is 2.38. The van der Waals surface area contributed by atoms with Gasteiger partial charge in [0.15, 0.2) is 0 Å². The molecule has 0 saturated carbocycles. The fourth-order valence-electron chi connectivity index (χ4n) is 1.44. The van der Waals surface area contributed by atoms with E-state index in [0.717, 1.165) is 0 Å². The van der Waals surface area contributed by atoms with Crippen molar-refractivity contribution in [3.8, 4) is 5.75 Å². The normalized spacial score (nSPS) is 11.6. The van der Waals surface area contributed by atoms with Crippen LogP contribution in [0.2, 0.25) is 0 Å². The number of hydrogen-bond donors (Lipinski definition) is 4. The van der Waals surface area contributed by atoms with Crippen LogP contribution >= 0.6 is 0 Å². The number of carboxylic acid groups (broad SMARTS) is 2. The predicted octanol–water partition coefficient (Wildman–Crippen LogP) is 0.358. The molecule has 0 fully saturated rings. The number of aliphatic carboxylic acids is 2. The van der Waals surface area contributed by atoms with Crippen molar-refractivity contribution >= 4 is 17.8 Å². The first-order chi connectivity index (χ1) is 8.81. The van der Waals surface area contributed by atoms with Crippen LogP contribution in [0.5, 0.6) is 5.75 Å². The Labute approximate surface area is 108 Å². The highest BCUT2D eigenvalue weighted by atomic mass is 16.4. The number of amides is 1. The Morgan fingerprint density at radius 1 is 1.26 bits per heavy atom. The summed E-state index contributed by atoms with van der Waals surface area (Å²) in [6.45, 7) is 1.70. The van der Waals surface area contributed by atoms with Gasteiger partial charge in [0, 0.05) is 0 Å². The van der Waals surface area contributed by atoms with Crippen LogP contribution in [0.1, 0.15) is 22.3 Å². The van der Waals surface area contributed by atoms with E-state index >= 15 is 0 Å². The summed E-state index contributed by atoms with van der Waals surface area (Å²) < 4.78 is 0. The van der Waals surface area contributed by atoms with Crippen LogP contribution in [0, 0.1) is 6.92 Å². The maximum Gasteiger partial charge on any atom is 0.326 e. The van der Waals surface area contributed by atoms with E-state index in [4.69, 9.17) is 10.2 Å². The van der Waals surface area contributed by atoms with Gasteiger partial charge < -0.3 is 20.6 Å². The van der Waals surface area contributed by atoms with Crippen molar-refractivity contribution in [3.05, 3.63) is 29.3 Å². The third kappa shape index (κ3) is 3.98. The van der Waals surface area contributed by atoms with Gasteiger partial charge in [-0.1, -0.05) is 11.6 Å². The Bertz CT molecular complexity index is 525. The van der Waals surface area contributed by atoms with Crippen LogP contribution in [0.15, 0.2) is 18.2 Å². The molecule has 0 bridgehead atoms. The average molecular weight is 267 g/mol. The molecule has 1 atom stereocenters. The number of benzene rings is 1. The number of phenols is 1. The number of rotatable bonds is 5. The molecule has 0 spiro atoms. The fraction of sp³-hybridized carbons (Fsp3) is 0.250. The molecule has 1 rings (SSSR count). The minimum Gasteiger partial charge on any atom is -0.507 e. The van der Waals surface area contributed by atoms with Crippen molar-refractivity contribution < 1.29 is 29.7 Å². The van der Waals surface area contributed by atoms with Gasteiger partial charge in [0.25, 0.3) is 5.91 Å². The number of carbonyl (C=O) groups excluding carboxylic acids is 1. The first kappa shape index (κ1) is 14.5. The standard InChI is InChI=1S/C12H13NO6/c1-6-2-3-9(14)7(4-6)11(17)13-8(12(18)19)5-10(15)16/h2-4,8,14H,5H2,1H3,(H,13,17)(H,15,16)(H,18,19)/t8-/m1/s1. The lowest BCUT2D eigenvalue weighted by molar-refractivity contribution is -0.145. The zero-order valence-electron chi connectivity index (χ0n) is 10.1. The zero-order valence-corrected chi connectivity index (χ0v) is 10.1. The lowest BCUT2D eigenvalue weighted by Gasteiger charge is -2.13. The van der Waals surface area contributed by atoms with Crippen molar-refractivity contribution in [3.63, 3.8) is 0 Å². The van der Waals surface area contributed by atoms with Crippen molar-refractivity contribution in [2.24, 2.45) is 0 Å². The Balaban J connectivity index is 2.90. The smallest absolute Gasteiger partial charge is 0.326 e. The summed E-state index contributed by atoms with van der Waals surface area (Å²) in [5, 5.41) is 28.9. The number of aromatic hydroxyl groups is 1. The van der Waals surface area contributed by atoms with Crippen molar-refractivity contribution in [2.45, 2.75) is 19.4 Å². The summed E-state index contributed by atoms with van der Waals surface area (Å²) in [6.07, 6.45) is -0.742. The lowest BCUT2D eigenvalue weighted by Crippen LogP contribution is -2.42. The van der Waals surface area contributed by atoms with E-state index in [0.29, 0.717) is 5.56 Å². The van der Waals surface area contributed by atoms with Crippen LogP contribution in [0.25, 0.3) is 0 Å². The predicted molar refractivity (Wildman–Crippen MR) is 64.0 cm³/mol. The van der Waals surface area contributed by atoms with E-state index in [1.807, 2.05) is 0 Å². The molecule has 7 nitrogen and oxygen atoms in total. The van der Waals surface area contributed by atoms with E-state index < -0.39 is 30.3 Å². The monoisotopic (exact) mass is 267 g/mol. The van der Waals surface area contributed by atoms with Gasteiger partial charge in [0.1, 0.15) is 11.8 Å². The molecule has 0 aromatic heterocycles. The molecular weight excluding hydrogens is 254 g/mol. The van der Waals surface area contributed by atoms with Crippen LogP contribution < -0.4 is 5.32 Å². The molecule has 0 aliphatic carbocycles. The number of hydrogen-bond acceptors (Lipinski definition) is 4. The highest BCUT2D eigenvalue weighted by molar-refractivity contribution is 5.99. The summed E-state index contributed by atoms with van der Waals surface area (Å²) in [5.41, 5.74) is 0.602. The highest BCUT2D eigenvalue weighted by Gasteiger charge is 2.24. The van der Waals surface area contributed by atoms with Gasteiger partial charge in [-0.2, -0.15) is 0 Å². The minimum absolute atomic E-state index is 0.100. The first-order valence-electron chi connectivity index (χ1n) is 5.36. The van der Waals surface area contributed by atoms with Gasteiger partial charge in [-0.25, -0.2) is 4.79 Å². The van der Waals surface area contributed by atoms with Gasteiger partial charge >= 0.3 is 11.9 Å². The second-order valence-electron chi connectivity index (χ2n) is 3.98. The zero-order chi connectivity index (χ0) is 14.6. The summed E-state index contributed by atoms with van der Waals surface area (Å²) in [6, 6.07) is 2.71. The largest absolute Gasteiger partial charge is 0.507 e. The van der Waals surface area contributed by atoms with E-state index in [-0.39, 0.29) is 11.3 Å². The Morgan fingerprint density at radius 2 is 1.89 bits per heavy atom. The Kier molecular flexibility index (Phi) is 4.46. The summed E-state index contributed by atoms with van der Waals surface area (Å²) in [7, 11) is 0. The van der Waals surface area contributed by atoms with E-state index in [2.05, 4.69) is 5.32 Å². The molecule has 0 heterocycles. The van der Waals surface area contributed by atoms with Crippen LogP contribution in [-0.2, 0) is 9.59 Å². The Morgan fingerprint density at radius 3 is 2.42 bits per heavy atom. The number of carbonyl (C=O) groups is 3. The fourth-order valence-corrected chi connectivity index (χ4v) is 1.44. The number of phenolic OH excluding ortho intramolecular Hbond substituents is 1. The van der Waals surface area contributed by atoms with Crippen LogP contribution in [-0.4, -0.2) is 39.2 Å². The molecule has 0 saturated heterocycles. The van der Waals surface area contributed by atoms with E-state index in [1.54, 1.807) is 13.0 Å². The van der Waals surface area contributed by atoms with Gasteiger partial charge in [0.2, 0.25) is 0 Å². The summed E-state index contributed by atoms with van der Waals surface area (Å²) in [5.74, 6) is -3.94. The van der Waals surface area contributed by atoms with Crippen LogP contribution in [0.3, 0.4) is 0 Å². The second-order valence-corrected chi connectivity index (χ2v) is 3.98. The molecule has 19 heavy (non-hydrogen) atoms. The first-order valence-corrected chi connectivity index (χ1v) is 5.36. The van der Waals surface area contributed by atoms with Crippen molar-refractivity contribution in [2.75, 3.05) is 0 Å². The van der Waals surface area contributed by atoms with Gasteiger partial charge in [-0.05, 0) is 19.1 Å². The van der Waals surface area contributed by atoms with Gasteiger partial charge in [0.05, 0.1) is 12.0 Å². The number of aryl methyl sites for hydroxylation is 1. The molecular formula is C12H13NO6. The molecule has 102 valence electrons. The minimum atomic E-state index is -1.55. The molecule has 1 amide bonds. The molecule has 0 unspecified atom stereocenters. The molecule has 1 aromatic carbocycles. The average Bonchev–Trinajstić information content (AvgIpc) is 2.30.